The summed E-state index contributed by atoms with van der Waals surface area (Å²) in [5.41, 5.74) is 6.68. The summed E-state index contributed by atoms with van der Waals surface area (Å²) in [6.45, 7) is 2.13. The van der Waals surface area contributed by atoms with E-state index in [2.05, 4.69) is 6.92 Å². The van der Waals surface area contributed by atoms with E-state index >= 15 is 0 Å². The summed E-state index contributed by atoms with van der Waals surface area (Å²) in [5, 5.41) is 10.6. The fourth-order valence-corrected chi connectivity index (χ4v) is 2.33. The molecule has 1 aromatic carbocycles. The molecule has 0 aliphatic heterocycles. The molecule has 0 heterocycles. The maximum atomic E-state index is 9.49. The van der Waals surface area contributed by atoms with Crippen LogP contribution in [0.15, 0.2) is 18.2 Å². The van der Waals surface area contributed by atoms with Crippen molar-refractivity contribution in [3.63, 3.8) is 0 Å². The van der Waals surface area contributed by atoms with Crippen LogP contribution in [0.3, 0.4) is 0 Å². The van der Waals surface area contributed by atoms with Gasteiger partial charge >= 0.3 is 0 Å². The van der Waals surface area contributed by atoms with Crippen molar-refractivity contribution in [1.29, 1.82) is 0 Å². The van der Waals surface area contributed by atoms with Crippen molar-refractivity contribution < 1.29 is 5.11 Å². The predicted molar refractivity (Wildman–Crippen MR) is 78.3 cm³/mol. The lowest BCUT2D eigenvalue weighted by Gasteiger charge is -2.27. The van der Waals surface area contributed by atoms with Crippen LogP contribution in [0.4, 0.5) is 0 Å². The number of aliphatic hydroxyl groups excluding tert-OH is 1. The molecule has 1 rings (SSSR count). The highest BCUT2D eigenvalue weighted by Gasteiger charge is 2.24. The van der Waals surface area contributed by atoms with Crippen LogP contribution >= 0.6 is 23.2 Å². The number of hydrogen-bond donors (Lipinski definition) is 2. The number of benzene rings is 1. The summed E-state index contributed by atoms with van der Waals surface area (Å²) >= 11 is 11.9. The van der Waals surface area contributed by atoms with Crippen molar-refractivity contribution in [2.45, 2.75) is 44.6 Å². The van der Waals surface area contributed by atoms with Gasteiger partial charge in [-0.25, -0.2) is 0 Å². The van der Waals surface area contributed by atoms with Crippen molar-refractivity contribution in [2.24, 2.45) is 5.73 Å². The molecule has 3 N–H and O–H groups in total. The average Bonchev–Trinajstić information content (AvgIpc) is 2.34. The molecule has 0 spiro atoms. The van der Waals surface area contributed by atoms with Crippen LogP contribution in [0.1, 0.15) is 38.2 Å². The quantitative estimate of drug-likeness (QED) is 0.750. The van der Waals surface area contributed by atoms with Crippen molar-refractivity contribution in [2.75, 3.05) is 6.61 Å². The third-order valence-corrected chi connectivity index (χ3v) is 3.87. The number of hydrogen-bond acceptors (Lipinski definition) is 2. The third kappa shape index (κ3) is 4.77. The van der Waals surface area contributed by atoms with Crippen molar-refractivity contribution in [3.8, 4) is 0 Å². The first-order valence-electron chi connectivity index (χ1n) is 6.34. The largest absolute Gasteiger partial charge is 0.394 e. The predicted octanol–water partition coefficient (Wildman–Crippen LogP) is 3.81. The van der Waals surface area contributed by atoms with Gasteiger partial charge in [-0.2, -0.15) is 0 Å². The van der Waals surface area contributed by atoms with E-state index in [9.17, 15) is 5.11 Å². The zero-order valence-electron chi connectivity index (χ0n) is 10.8. The standard InChI is InChI=1S/C14H21Cl2NO/c1-2-3-4-7-14(17,10-18)9-11-5-6-12(15)13(16)8-11/h5-6,8,18H,2-4,7,9-10,17H2,1H3. The van der Waals surface area contributed by atoms with E-state index in [1.165, 1.54) is 0 Å². The third-order valence-electron chi connectivity index (χ3n) is 3.13. The molecule has 0 fully saturated rings. The molecule has 1 unspecified atom stereocenters. The van der Waals surface area contributed by atoms with Crippen LogP contribution < -0.4 is 5.73 Å². The van der Waals surface area contributed by atoms with Gasteiger partial charge in [-0.05, 0) is 30.5 Å². The molecule has 18 heavy (non-hydrogen) atoms. The maximum Gasteiger partial charge on any atom is 0.0614 e. The van der Waals surface area contributed by atoms with Crippen molar-refractivity contribution in [3.05, 3.63) is 33.8 Å². The number of halogens is 2. The second-order valence-electron chi connectivity index (χ2n) is 4.90. The minimum Gasteiger partial charge on any atom is -0.394 e. The van der Waals surface area contributed by atoms with Gasteiger partial charge in [-0.15, -0.1) is 0 Å². The molecule has 0 amide bonds. The number of aliphatic hydroxyl groups is 1. The second-order valence-corrected chi connectivity index (χ2v) is 5.72. The first kappa shape index (κ1) is 15.8. The normalized spacial score (nSPS) is 14.5. The lowest BCUT2D eigenvalue weighted by atomic mass is 9.87. The Kier molecular flexibility index (Phi) is 6.44. The number of rotatable bonds is 7. The summed E-state index contributed by atoms with van der Waals surface area (Å²) in [7, 11) is 0. The number of unbranched alkanes of at least 4 members (excludes halogenated alkanes) is 2. The smallest absolute Gasteiger partial charge is 0.0614 e. The highest BCUT2D eigenvalue weighted by atomic mass is 35.5. The van der Waals surface area contributed by atoms with Crippen LogP contribution in [0.5, 0.6) is 0 Å². The summed E-state index contributed by atoms with van der Waals surface area (Å²) < 4.78 is 0. The Bertz CT molecular complexity index is 384. The van der Waals surface area contributed by atoms with Crippen LogP contribution in [-0.2, 0) is 6.42 Å². The van der Waals surface area contributed by atoms with E-state index in [1.807, 2.05) is 12.1 Å². The van der Waals surface area contributed by atoms with E-state index in [0.717, 1.165) is 31.2 Å². The van der Waals surface area contributed by atoms with Crippen LogP contribution in [-0.4, -0.2) is 17.3 Å². The minimum absolute atomic E-state index is 0.0169. The molecule has 2 nitrogen and oxygen atoms in total. The van der Waals surface area contributed by atoms with Crippen LogP contribution in [0.2, 0.25) is 10.0 Å². The molecule has 0 aliphatic carbocycles. The molecule has 0 bridgehead atoms. The van der Waals surface area contributed by atoms with Crippen LogP contribution in [0, 0.1) is 0 Å². The van der Waals surface area contributed by atoms with Gasteiger partial charge in [0.05, 0.1) is 16.7 Å². The van der Waals surface area contributed by atoms with Gasteiger partial charge < -0.3 is 10.8 Å². The first-order valence-corrected chi connectivity index (χ1v) is 7.10. The van der Waals surface area contributed by atoms with E-state index in [0.29, 0.717) is 16.5 Å². The molecular weight excluding hydrogens is 269 g/mol. The SMILES string of the molecule is CCCCCC(N)(CO)Cc1ccc(Cl)c(Cl)c1. The zero-order valence-corrected chi connectivity index (χ0v) is 12.3. The van der Waals surface area contributed by atoms with E-state index < -0.39 is 5.54 Å². The highest BCUT2D eigenvalue weighted by Crippen LogP contribution is 2.25. The Balaban J connectivity index is 2.68. The lowest BCUT2D eigenvalue weighted by molar-refractivity contribution is 0.183. The monoisotopic (exact) mass is 289 g/mol. The molecule has 0 saturated carbocycles. The number of nitrogens with two attached hydrogens (primary N) is 1. The molecule has 0 aliphatic rings. The lowest BCUT2D eigenvalue weighted by Crippen LogP contribution is -2.45. The molecule has 4 heteroatoms. The summed E-state index contributed by atoms with van der Waals surface area (Å²) in [6.07, 6.45) is 4.76. The second kappa shape index (κ2) is 7.34. The Labute approximate surface area is 119 Å². The Hall–Kier alpha value is -0.280. The highest BCUT2D eigenvalue weighted by molar-refractivity contribution is 6.42. The topological polar surface area (TPSA) is 46.2 Å². The van der Waals surface area contributed by atoms with Crippen molar-refractivity contribution >= 4 is 23.2 Å². The van der Waals surface area contributed by atoms with Gasteiger partial charge in [0.25, 0.3) is 0 Å². The fourth-order valence-electron chi connectivity index (χ4n) is 2.01. The molecule has 102 valence electrons. The van der Waals surface area contributed by atoms with Crippen molar-refractivity contribution in [1.82, 2.24) is 0 Å². The van der Waals surface area contributed by atoms with E-state index in [1.54, 1.807) is 6.07 Å². The molecule has 0 aromatic heterocycles. The molecule has 0 saturated heterocycles. The summed E-state index contributed by atoms with van der Waals surface area (Å²) in [4.78, 5) is 0. The van der Waals surface area contributed by atoms with E-state index in [4.69, 9.17) is 28.9 Å². The minimum atomic E-state index is -0.563. The summed E-state index contributed by atoms with van der Waals surface area (Å²) in [5.74, 6) is 0. The van der Waals surface area contributed by atoms with Gasteiger partial charge in [0, 0.05) is 5.54 Å². The fraction of sp³-hybridized carbons (Fsp3) is 0.571. The Morgan fingerprint density at radius 1 is 1.22 bits per heavy atom. The zero-order chi connectivity index (χ0) is 13.6. The molecule has 1 atom stereocenters. The van der Waals surface area contributed by atoms with Gasteiger partial charge in [-0.3, -0.25) is 0 Å². The van der Waals surface area contributed by atoms with Gasteiger partial charge in [0.2, 0.25) is 0 Å². The van der Waals surface area contributed by atoms with Crippen LogP contribution in [0.25, 0.3) is 0 Å². The molecular formula is C14H21Cl2NO. The van der Waals surface area contributed by atoms with E-state index in [-0.39, 0.29) is 6.61 Å². The van der Waals surface area contributed by atoms with Gasteiger partial charge in [-0.1, -0.05) is 55.5 Å². The summed E-state index contributed by atoms with van der Waals surface area (Å²) in [6, 6.07) is 5.50. The van der Waals surface area contributed by atoms with Gasteiger partial charge in [0.1, 0.15) is 0 Å². The molecule has 0 radical (unpaired) electrons. The molecule has 1 aromatic rings. The average molecular weight is 290 g/mol. The Morgan fingerprint density at radius 2 is 1.94 bits per heavy atom. The first-order chi connectivity index (χ1) is 8.50. The maximum absolute atomic E-state index is 9.49. The Morgan fingerprint density at radius 3 is 2.50 bits per heavy atom. The van der Waals surface area contributed by atoms with Gasteiger partial charge in [0.15, 0.2) is 0 Å².